The van der Waals surface area contributed by atoms with Crippen LogP contribution in [0.2, 0.25) is 0 Å². The maximum atomic E-state index is 14.1. The van der Waals surface area contributed by atoms with Crippen molar-refractivity contribution in [2.45, 2.75) is 103 Å². The Balaban J connectivity index is 1.24. The van der Waals surface area contributed by atoms with E-state index in [-0.39, 0.29) is 5.92 Å². The Bertz CT molecular complexity index is 1040. The molecule has 6 atom stereocenters. The van der Waals surface area contributed by atoms with Crippen LogP contribution in [0, 0.1) is 17.8 Å². The van der Waals surface area contributed by atoms with Gasteiger partial charge in [-0.1, -0.05) is 43.9 Å². The standard InChI is InChI=1S/C32H46F3N3O/c1-22-6-4-15-37(17-14-22)21-25-12-13-27(20-30(25)32(33,34)35)36-31(39)24-11-10-23(2)26(18-24)19-29-8-3-7-28-9-5-16-38(28)29/h3,7,12,20,22-24,27-28,31,36,39H,4-6,8-11,13-18,21H2,1-2H3. The normalized spacial score (nSPS) is 33.3. The molecule has 0 aromatic rings. The summed E-state index contributed by atoms with van der Waals surface area (Å²) in [6, 6.07) is -0.0333. The van der Waals surface area contributed by atoms with Crippen LogP contribution in [0.5, 0.6) is 0 Å². The minimum absolute atomic E-state index is 0.0231. The molecule has 3 aliphatic heterocycles. The van der Waals surface area contributed by atoms with Crippen molar-refractivity contribution in [3.8, 4) is 0 Å². The van der Waals surface area contributed by atoms with Gasteiger partial charge >= 0.3 is 6.18 Å². The summed E-state index contributed by atoms with van der Waals surface area (Å²) in [5.41, 5.74) is 6.09. The quantitative estimate of drug-likeness (QED) is 0.236. The van der Waals surface area contributed by atoms with E-state index < -0.39 is 24.0 Å². The highest BCUT2D eigenvalue weighted by atomic mass is 19.4. The molecule has 0 aromatic heterocycles. The lowest BCUT2D eigenvalue weighted by Gasteiger charge is -2.35. The zero-order valence-corrected chi connectivity index (χ0v) is 23.6. The average molecular weight is 546 g/mol. The van der Waals surface area contributed by atoms with Gasteiger partial charge in [0.15, 0.2) is 0 Å². The van der Waals surface area contributed by atoms with Gasteiger partial charge in [-0.2, -0.15) is 13.2 Å². The van der Waals surface area contributed by atoms with Crippen LogP contribution in [0.3, 0.4) is 0 Å². The van der Waals surface area contributed by atoms with Crippen molar-refractivity contribution in [2.75, 3.05) is 26.2 Å². The molecule has 0 bridgehead atoms. The van der Waals surface area contributed by atoms with Crippen molar-refractivity contribution < 1.29 is 18.3 Å². The molecule has 2 N–H and O–H groups in total. The summed E-state index contributed by atoms with van der Waals surface area (Å²) in [4.78, 5) is 4.65. The molecule has 2 aliphatic carbocycles. The molecule has 0 amide bonds. The summed E-state index contributed by atoms with van der Waals surface area (Å²) in [6.45, 7) is 7.59. The van der Waals surface area contributed by atoms with Crippen molar-refractivity contribution in [1.82, 2.24) is 15.1 Å². The Morgan fingerprint density at radius 1 is 1.08 bits per heavy atom. The van der Waals surface area contributed by atoms with Crippen LogP contribution in [-0.4, -0.2) is 65.6 Å². The Kier molecular flexibility index (Phi) is 9.12. The first-order valence-electron chi connectivity index (χ1n) is 15.2. The fraction of sp³-hybridized carbons (Fsp3) is 0.719. The molecule has 5 aliphatic rings. The predicted octanol–water partition coefficient (Wildman–Crippen LogP) is 6.47. The average Bonchev–Trinajstić information content (AvgIpc) is 3.29. The van der Waals surface area contributed by atoms with Gasteiger partial charge in [0.2, 0.25) is 0 Å². The molecule has 4 nitrogen and oxygen atoms in total. The highest BCUT2D eigenvalue weighted by Gasteiger charge is 2.39. The van der Waals surface area contributed by atoms with Crippen molar-refractivity contribution in [3.63, 3.8) is 0 Å². The Labute approximate surface area is 232 Å². The molecule has 1 saturated carbocycles. The van der Waals surface area contributed by atoms with E-state index in [1.54, 1.807) is 6.08 Å². The van der Waals surface area contributed by atoms with Gasteiger partial charge in [0.25, 0.3) is 0 Å². The third-order valence-corrected chi connectivity index (χ3v) is 9.64. The number of aliphatic hydroxyl groups is 1. The SMILES string of the molecule is CC1CCCN(CC2=CCC(NC(O)C3CCC(C)C(=C=C4CC=CC5CCCN45)C3)C=C2C(F)(F)F)CC1. The molecule has 216 valence electrons. The Morgan fingerprint density at radius 3 is 2.72 bits per heavy atom. The number of fused-ring (bicyclic) bond motifs is 1. The zero-order valence-electron chi connectivity index (χ0n) is 23.6. The third kappa shape index (κ3) is 7.11. The van der Waals surface area contributed by atoms with Crippen LogP contribution >= 0.6 is 0 Å². The van der Waals surface area contributed by atoms with E-state index in [4.69, 9.17) is 0 Å². The van der Waals surface area contributed by atoms with Gasteiger partial charge in [0.1, 0.15) is 6.23 Å². The fourth-order valence-corrected chi connectivity index (χ4v) is 7.13. The van der Waals surface area contributed by atoms with E-state index in [0.717, 1.165) is 64.6 Å². The molecule has 39 heavy (non-hydrogen) atoms. The first-order valence-corrected chi connectivity index (χ1v) is 15.2. The summed E-state index contributed by atoms with van der Waals surface area (Å²) in [5, 5.41) is 14.3. The second-order valence-corrected chi connectivity index (χ2v) is 12.6. The minimum atomic E-state index is -4.40. The van der Waals surface area contributed by atoms with E-state index in [1.165, 1.54) is 30.2 Å². The maximum Gasteiger partial charge on any atom is 0.416 e. The Morgan fingerprint density at radius 2 is 1.90 bits per heavy atom. The summed E-state index contributed by atoms with van der Waals surface area (Å²) in [6.07, 6.45) is 11.9. The lowest BCUT2D eigenvalue weighted by Crippen LogP contribution is -2.44. The van der Waals surface area contributed by atoms with Crippen LogP contribution in [0.1, 0.15) is 78.1 Å². The molecular weight excluding hydrogens is 499 g/mol. The Hall–Kier alpha value is -1.79. The summed E-state index contributed by atoms with van der Waals surface area (Å²) >= 11 is 0. The molecule has 0 spiro atoms. The van der Waals surface area contributed by atoms with Crippen LogP contribution < -0.4 is 5.32 Å². The molecule has 2 saturated heterocycles. The van der Waals surface area contributed by atoms with E-state index in [1.807, 2.05) is 0 Å². The molecule has 7 heteroatoms. The first-order chi connectivity index (χ1) is 18.7. The minimum Gasteiger partial charge on any atom is -0.378 e. The monoisotopic (exact) mass is 545 g/mol. The summed E-state index contributed by atoms with van der Waals surface area (Å²) in [7, 11) is 0. The van der Waals surface area contributed by atoms with E-state index in [9.17, 15) is 18.3 Å². The lowest BCUT2D eigenvalue weighted by molar-refractivity contribution is -0.0906. The van der Waals surface area contributed by atoms with E-state index in [0.29, 0.717) is 36.4 Å². The molecule has 3 fully saturated rings. The number of hydrogen-bond acceptors (Lipinski definition) is 4. The van der Waals surface area contributed by atoms with Crippen LogP contribution in [0.4, 0.5) is 13.2 Å². The number of alkyl halides is 3. The smallest absolute Gasteiger partial charge is 0.378 e. The van der Waals surface area contributed by atoms with Gasteiger partial charge in [0, 0.05) is 37.5 Å². The number of hydrogen-bond donors (Lipinski definition) is 2. The molecule has 0 radical (unpaired) electrons. The lowest BCUT2D eigenvalue weighted by atomic mass is 9.78. The first kappa shape index (κ1) is 28.7. The highest BCUT2D eigenvalue weighted by Crippen LogP contribution is 2.38. The third-order valence-electron chi connectivity index (χ3n) is 9.64. The van der Waals surface area contributed by atoms with Crippen molar-refractivity contribution >= 4 is 0 Å². The topological polar surface area (TPSA) is 38.7 Å². The number of allylic oxidation sites excluding steroid dienone is 1. The summed E-state index contributed by atoms with van der Waals surface area (Å²) in [5.74, 6) is 1.02. The largest absolute Gasteiger partial charge is 0.416 e. The number of rotatable bonds is 5. The second kappa shape index (κ2) is 12.4. The van der Waals surface area contributed by atoms with Gasteiger partial charge in [-0.15, -0.1) is 0 Å². The maximum absolute atomic E-state index is 14.1. The van der Waals surface area contributed by atoms with Crippen molar-refractivity contribution in [1.29, 1.82) is 0 Å². The van der Waals surface area contributed by atoms with E-state index in [2.05, 4.69) is 46.8 Å². The number of nitrogens with one attached hydrogen (secondary N) is 1. The van der Waals surface area contributed by atoms with Gasteiger partial charge < -0.3 is 10.0 Å². The highest BCUT2D eigenvalue weighted by molar-refractivity contribution is 5.40. The van der Waals surface area contributed by atoms with Crippen LogP contribution in [0.15, 0.2) is 52.5 Å². The molecule has 3 heterocycles. The van der Waals surface area contributed by atoms with Gasteiger partial charge in [0.05, 0.1) is 11.3 Å². The number of likely N-dealkylation sites (tertiary alicyclic amines) is 1. The summed E-state index contributed by atoms with van der Waals surface area (Å²) < 4.78 is 42.4. The van der Waals surface area contributed by atoms with Gasteiger partial charge in [-0.25, -0.2) is 0 Å². The van der Waals surface area contributed by atoms with Gasteiger partial charge in [-0.3, -0.25) is 10.2 Å². The van der Waals surface area contributed by atoms with Gasteiger partial charge in [-0.05, 0) is 93.9 Å². The van der Waals surface area contributed by atoms with Crippen LogP contribution in [-0.2, 0) is 0 Å². The molecular formula is C32H46F3N3O. The molecule has 6 unspecified atom stereocenters. The second-order valence-electron chi connectivity index (χ2n) is 12.6. The van der Waals surface area contributed by atoms with Crippen LogP contribution in [0.25, 0.3) is 0 Å². The number of nitrogens with zero attached hydrogens (tertiary/aromatic N) is 2. The zero-order chi connectivity index (χ0) is 27.6. The molecule has 0 aromatic carbocycles. The number of halogens is 3. The predicted molar refractivity (Wildman–Crippen MR) is 150 cm³/mol. The fourth-order valence-electron chi connectivity index (χ4n) is 7.13. The number of aliphatic hydroxyl groups excluding tert-OH is 1. The van der Waals surface area contributed by atoms with Crippen molar-refractivity contribution in [2.24, 2.45) is 17.8 Å². The van der Waals surface area contributed by atoms with Crippen molar-refractivity contribution in [3.05, 3.63) is 52.5 Å². The molecule has 5 rings (SSSR count). The van der Waals surface area contributed by atoms with E-state index >= 15 is 0 Å².